The average Bonchev–Trinajstić information content (AvgIpc) is 3.25. The van der Waals surface area contributed by atoms with E-state index in [1.54, 1.807) is 4.90 Å². The maximum atomic E-state index is 12.1. The monoisotopic (exact) mass is 358 g/mol. The number of likely N-dealkylation sites (N-methyl/N-ethyl adjacent to an activating group) is 1. The Morgan fingerprint density at radius 3 is 2.64 bits per heavy atom. The predicted molar refractivity (Wildman–Crippen MR) is 98.9 cm³/mol. The molecule has 2 amide bonds. The van der Waals surface area contributed by atoms with Crippen molar-refractivity contribution in [3.8, 4) is 0 Å². The molecule has 132 valence electrons. The second-order valence-electron chi connectivity index (χ2n) is 6.33. The zero-order chi connectivity index (χ0) is 17.8. The lowest BCUT2D eigenvalue weighted by Crippen LogP contribution is -2.36. The van der Waals surface area contributed by atoms with Crippen LogP contribution in [0.1, 0.15) is 25.5 Å². The van der Waals surface area contributed by atoms with Crippen LogP contribution >= 0.6 is 11.3 Å². The molecule has 1 heterocycles. The number of thiazole rings is 1. The van der Waals surface area contributed by atoms with E-state index in [0.717, 1.165) is 24.2 Å². The first-order valence-corrected chi connectivity index (χ1v) is 9.19. The largest absolute Gasteiger partial charge is 0.352 e. The molecular weight excluding hydrogens is 336 g/mol. The average molecular weight is 358 g/mol. The van der Waals surface area contributed by atoms with Crippen molar-refractivity contribution in [2.75, 3.05) is 18.5 Å². The highest BCUT2D eigenvalue weighted by molar-refractivity contribution is 7.14. The van der Waals surface area contributed by atoms with Crippen molar-refractivity contribution in [2.24, 2.45) is 0 Å². The molecule has 1 fully saturated rings. The quantitative estimate of drug-likeness (QED) is 0.826. The molecule has 0 bridgehead atoms. The number of anilines is 2. The molecule has 1 saturated carbocycles. The molecule has 0 spiro atoms. The molecule has 0 unspecified atom stereocenters. The first-order valence-electron chi connectivity index (χ1n) is 8.31. The third-order valence-corrected chi connectivity index (χ3v) is 4.72. The Hall–Kier alpha value is -2.25. The fourth-order valence-electron chi connectivity index (χ4n) is 2.55. The minimum Gasteiger partial charge on any atom is -0.352 e. The zero-order valence-corrected chi connectivity index (χ0v) is 15.3. The predicted octanol–water partition coefficient (Wildman–Crippen LogP) is 2.54. The number of nitrogens with zero attached hydrogens (tertiary/aromatic N) is 3. The Labute approximate surface area is 151 Å². The van der Waals surface area contributed by atoms with Gasteiger partial charge in [0, 0.05) is 24.9 Å². The summed E-state index contributed by atoms with van der Waals surface area (Å²) < 4.78 is 0. The van der Waals surface area contributed by atoms with Crippen LogP contribution < -0.4 is 10.2 Å². The molecule has 0 aliphatic heterocycles. The minimum atomic E-state index is -0.0794. The van der Waals surface area contributed by atoms with E-state index >= 15 is 0 Å². The van der Waals surface area contributed by atoms with E-state index < -0.39 is 0 Å². The summed E-state index contributed by atoms with van der Waals surface area (Å²) in [7, 11) is 1.89. The van der Waals surface area contributed by atoms with Gasteiger partial charge in [-0.25, -0.2) is 4.98 Å². The van der Waals surface area contributed by atoms with Crippen molar-refractivity contribution in [3.63, 3.8) is 0 Å². The fraction of sp³-hybridized carbons (Fsp3) is 0.389. The number of carbonyl (C=O) groups is 2. The van der Waals surface area contributed by atoms with Crippen molar-refractivity contribution >= 4 is 34.0 Å². The van der Waals surface area contributed by atoms with Crippen LogP contribution in [0.5, 0.6) is 0 Å². The van der Waals surface area contributed by atoms with E-state index in [4.69, 9.17) is 0 Å². The minimum absolute atomic E-state index is 0.0510. The SMILES string of the molecule is CC(=O)N(c1ccccc1)c1nc(CN(C)CC(=O)NC2CC2)cs1. The van der Waals surface area contributed by atoms with Gasteiger partial charge in [0.2, 0.25) is 11.8 Å². The normalized spacial score (nSPS) is 13.7. The molecule has 2 aromatic rings. The van der Waals surface area contributed by atoms with Crippen LogP contribution in [0.2, 0.25) is 0 Å². The lowest BCUT2D eigenvalue weighted by Gasteiger charge is -2.18. The molecule has 1 aromatic heterocycles. The zero-order valence-electron chi connectivity index (χ0n) is 14.4. The van der Waals surface area contributed by atoms with Crippen LogP contribution in [0.3, 0.4) is 0 Å². The Morgan fingerprint density at radius 2 is 2.00 bits per heavy atom. The fourth-order valence-corrected chi connectivity index (χ4v) is 3.43. The van der Waals surface area contributed by atoms with Gasteiger partial charge in [0.1, 0.15) is 0 Å². The first-order chi connectivity index (χ1) is 12.0. The number of aromatic nitrogens is 1. The molecule has 1 N–H and O–H groups in total. The molecule has 1 aliphatic carbocycles. The number of benzene rings is 1. The van der Waals surface area contributed by atoms with Crippen LogP contribution in [0, 0.1) is 0 Å². The maximum absolute atomic E-state index is 12.1. The van der Waals surface area contributed by atoms with Gasteiger partial charge < -0.3 is 5.32 Å². The van der Waals surface area contributed by atoms with Crippen LogP contribution in [-0.2, 0) is 16.1 Å². The second kappa shape index (κ2) is 7.76. The summed E-state index contributed by atoms with van der Waals surface area (Å²) in [6.45, 7) is 2.44. The molecule has 1 aliphatic rings. The van der Waals surface area contributed by atoms with Gasteiger partial charge in [0.25, 0.3) is 0 Å². The van der Waals surface area contributed by atoms with Crippen molar-refractivity contribution < 1.29 is 9.59 Å². The molecule has 25 heavy (non-hydrogen) atoms. The maximum Gasteiger partial charge on any atom is 0.234 e. The number of amides is 2. The number of carbonyl (C=O) groups excluding carboxylic acids is 2. The lowest BCUT2D eigenvalue weighted by molar-refractivity contribution is -0.122. The molecular formula is C18H22N4O2S. The van der Waals surface area contributed by atoms with E-state index in [0.29, 0.717) is 24.3 Å². The van der Waals surface area contributed by atoms with Crippen molar-refractivity contribution in [1.29, 1.82) is 0 Å². The number of nitrogens with one attached hydrogen (secondary N) is 1. The molecule has 6 nitrogen and oxygen atoms in total. The number of para-hydroxylation sites is 1. The lowest BCUT2D eigenvalue weighted by atomic mass is 10.3. The second-order valence-corrected chi connectivity index (χ2v) is 7.16. The van der Waals surface area contributed by atoms with Gasteiger partial charge >= 0.3 is 0 Å². The highest BCUT2D eigenvalue weighted by Crippen LogP contribution is 2.29. The molecule has 1 aromatic carbocycles. The van der Waals surface area contributed by atoms with Crippen molar-refractivity contribution in [2.45, 2.75) is 32.4 Å². The Kier molecular flexibility index (Phi) is 5.45. The highest BCUT2D eigenvalue weighted by atomic mass is 32.1. The van der Waals surface area contributed by atoms with Gasteiger partial charge in [0.15, 0.2) is 5.13 Å². The third-order valence-electron chi connectivity index (χ3n) is 3.85. The third kappa shape index (κ3) is 4.87. The summed E-state index contributed by atoms with van der Waals surface area (Å²) in [6, 6.07) is 9.85. The van der Waals surface area contributed by atoms with Gasteiger partial charge in [-0.2, -0.15) is 0 Å². The van der Waals surface area contributed by atoms with Crippen molar-refractivity contribution in [1.82, 2.24) is 15.2 Å². The number of rotatable bonds is 7. The van der Waals surface area contributed by atoms with Crippen molar-refractivity contribution in [3.05, 3.63) is 41.4 Å². The van der Waals surface area contributed by atoms with E-state index in [-0.39, 0.29) is 11.8 Å². The summed E-state index contributed by atoms with van der Waals surface area (Å²) in [4.78, 5) is 32.0. The molecule has 0 atom stereocenters. The number of hydrogen-bond donors (Lipinski definition) is 1. The van der Waals surface area contributed by atoms with Gasteiger partial charge in [0.05, 0.1) is 17.9 Å². The molecule has 7 heteroatoms. The standard InChI is InChI=1S/C18H22N4O2S/c1-13(23)22(16-6-4-3-5-7-16)18-20-15(12-25-18)10-21(2)11-17(24)19-14-8-9-14/h3-7,12,14H,8-11H2,1-2H3,(H,19,24). The molecule has 3 rings (SSSR count). The van der Waals surface area contributed by atoms with Crippen LogP contribution in [0.15, 0.2) is 35.7 Å². The molecule has 0 radical (unpaired) electrons. The smallest absolute Gasteiger partial charge is 0.234 e. The van der Waals surface area contributed by atoms with Gasteiger partial charge in [-0.15, -0.1) is 11.3 Å². The van der Waals surface area contributed by atoms with E-state index in [9.17, 15) is 9.59 Å². The van der Waals surface area contributed by atoms with Gasteiger partial charge in [-0.05, 0) is 32.0 Å². The van der Waals surface area contributed by atoms with Crippen LogP contribution in [0.4, 0.5) is 10.8 Å². The summed E-state index contributed by atoms with van der Waals surface area (Å²) in [6.07, 6.45) is 2.18. The Morgan fingerprint density at radius 1 is 1.28 bits per heavy atom. The van der Waals surface area contributed by atoms with Crippen LogP contribution in [-0.4, -0.2) is 41.3 Å². The topological polar surface area (TPSA) is 65.5 Å². The number of hydrogen-bond acceptors (Lipinski definition) is 5. The summed E-state index contributed by atoms with van der Waals surface area (Å²) in [5.74, 6) is -0.0284. The molecule has 0 saturated heterocycles. The Balaban J connectivity index is 1.64. The summed E-state index contributed by atoms with van der Waals surface area (Å²) in [5, 5.41) is 5.56. The van der Waals surface area contributed by atoms with Gasteiger partial charge in [-0.1, -0.05) is 18.2 Å². The Bertz CT molecular complexity index is 743. The van der Waals surface area contributed by atoms with E-state index in [2.05, 4.69) is 10.3 Å². The first kappa shape index (κ1) is 17.6. The highest BCUT2D eigenvalue weighted by Gasteiger charge is 2.24. The van der Waals surface area contributed by atoms with Crippen LogP contribution in [0.25, 0.3) is 0 Å². The summed E-state index contributed by atoms with van der Waals surface area (Å²) >= 11 is 1.43. The van der Waals surface area contributed by atoms with E-state index in [1.165, 1.54) is 18.3 Å². The summed E-state index contributed by atoms with van der Waals surface area (Å²) in [5.41, 5.74) is 1.65. The van der Waals surface area contributed by atoms with E-state index in [1.807, 2.05) is 47.7 Å². The van der Waals surface area contributed by atoms with Gasteiger partial charge in [-0.3, -0.25) is 19.4 Å².